The van der Waals surface area contributed by atoms with Crippen LogP contribution in [0, 0.1) is 17.6 Å². The van der Waals surface area contributed by atoms with Crippen LogP contribution >= 0.6 is 0 Å². The lowest BCUT2D eigenvalue weighted by molar-refractivity contribution is 0.143. The van der Waals surface area contributed by atoms with Crippen molar-refractivity contribution in [2.24, 2.45) is 0 Å². The highest BCUT2D eigenvalue weighted by Gasteiger charge is 2.20. The Morgan fingerprint density at radius 2 is 1.67 bits per heavy atom. The van der Waals surface area contributed by atoms with Crippen molar-refractivity contribution in [2.45, 2.75) is 6.43 Å². The average molecular weight is 183 g/mol. The Balaban J connectivity index is 3.27. The van der Waals surface area contributed by atoms with Crippen LogP contribution in [0.1, 0.15) is 12.0 Å². The van der Waals surface area contributed by atoms with Crippen LogP contribution in [-0.2, 0) is 0 Å². The van der Waals surface area contributed by atoms with Gasteiger partial charge in [-0.2, -0.15) is 8.78 Å². The maximum atomic E-state index is 12.4. The molecule has 66 valence electrons. The average Bonchev–Trinajstić information content (AvgIpc) is 2.00. The SMILES string of the molecule is Fc1ncc(C(F)F)c(F)c1F. The van der Waals surface area contributed by atoms with E-state index in [-0.39, 0.29) is 6.20 Å². The Kier molecular flexibility index (Phi) is 2.25. The van der Waals surface area contributed by atoms with Gasteiger partial charge in [0.1, 0.15) is 0 Å². The first-order valence-corrected chi connectivity index (χ1v) is 2.81. The molecule has 1 heterocycles. The summed E-state index contributed by atoms with van der Waals surface area (Å²) < 4.78 is 60.2. The molecule has 0 unspecified atom stereocenters. The molecule has 1 aromatic rings. The van der Waals surface area contributed by atoms with Crippen molar-refractivity contribution >= 4 is 0 Å². The summed E-state index contributed by atoms with van der Waals surface area (Å²) in [4.78, 5) is 2.60. The lowest BCUT2D eigenvalue weighted by Crippen LogP contribution is -2.00. The lowest BCUT2D eigenvalue weighted by Gasteiger charge is -2.00. The number of pyridine rings is 1. The molecule has 0 N–H and O–H groups in total. The highest BCUT2D eigenvalue weighted by atomic mass is 19.3. The summed E-state index contributed by atoms with van der Waals surface area (Å²) in [6.45, 7) is 0. The second kappa shape index (κ2) is 3.04. The fraction of sp³-hybridized carbons (Fsp3) is 0.167. The molecular weight excluding hydrogens is 181 g/mol. The number of aromatic nitrogens is 1. The number of hydrogen-bond acceptors (Lipinski definition) is 1. The molecule has 12 heavy (non-hydrogen) atoms. The van der Waals surface area contributed by atoms with Gasteiger partial charge >= 0.3 is 0 Å². The number of nitrogens with zero attached hydrogens (tertiary/aromatic N) is 1. The molecule has 0 saturated heterocycles. The zero-order valence-corrected chi connectivity index (χ0v) is 5.49. The van der Waals surface area contributed by atoms with E-state index < -0.39 is 29.6 Å². The summed E-state index contributed by atoms with van der Waals surface area (Å²) in [5, 5.41) is 0. The standard InChI is InChI=1S/C6H2F5N/c7-3-2(5(9)10)1-12-6(11)4(3)8/h1,5H. The van der Waals surface area contributed by atoms with Crippen molar-refractivity contribution in [2.75, 3.05) is 0 Å². The number of alkyl halides is 2. The van der Waals surface area contributed by atoms with Crippen molar-refractivity contribution in [3.63, 3.8) is 0 Å². The Morgan fingerprint density at radius 3 is 2.17 bits per heavy atom. The Bertz CT molecular complexity index is 298. The van der Waals surface area contributed by atoms with Crippen LogP contribution in [-0.4, -0.2) is 4.98 Å². The van der Waals surface area contributed by atoms with E-state index in [0.717, 1.165) is 0 Å². The van der Waals surface area contributed by atoms with Crippen LogP contribution in [0.25, 0.3) is 0 Å². The van der Waals surface area contributed by atoms with E-state index in [0.29, 0.717) is 0 Å². The molecule has 0 saturated carbocycles. The zero-order chi connectivity index (χ0) is 9.30. The molecular formula is C6H2F5N. The highest BCUT2D eigenvalue weighted by Crippen LogP contribution is 2.23. The van der Waals surface area contributed by atoms with Gasteiger partial charge in [-0.15, -0.1) is 0 Å². The molecule has 0 spiro atoms. The van der Waals surface area contributed by atoms with E-state index in [2.05, 4.69) is 4.98 Å². The molecule has 0 radical (unpaired) electrons. The normalized spacial score (nSPS) is 10.8. The van der Waals surface area contributed by atoms with Crippen LogP contribution in [0.15, 0.2) is 6.20 Å². The van der Waals surface area contributed by atoms with Gasteiger partial charge in [0.2, 0.25) is 5.82 Å². The van der Waals surface area contributed by atoms with E-state index in [1.165, 1.54) is 0 Å². The Hall–Kier alpha value is -1.20. The number of rotatable bonds is 1. The van der Waals surface area contributed by atoms with Gasteiger partial charge in [-0.3, -0.25) is 0 Å². The quantitative estimate of drug-likeness (QED) is 0.481. The van der Waals surface area contributed by atoms with Crippen molar-refractivity contribution in [1.82, 2.24) is 4.98 Å². The number of halogens is 5. The second-order valence-corrected chi connectivity index (χ2v) is 1.93. The second-order valence-electron chi connectivity index (χ2n) is 1.93. The molecule has 0 aromatic carbocycles. The Morgan fingerprint density at radius 1 is 1.08 bits per heavy atom. The first-order valence-electron chi connectivity index (χ1n) is 2.81. The highest BCUT2D eigenvalue weighted by molar-refractivity contribution is 5.15. The third-order valence-corrected chi connectivity index (χ3v) is 1.18. The van der Waals surface area contributed by atoms with Crippen molar-refractivity contribution in [3.8, 4) is 0 Å². The van der Waals surface area contributed by atoms with Crippen molar-refractivity contribution in [3.05, 3.63) is 29.3 Å². The number of hydrogen-bond donors (Lipinski definition) is 0. The molecule has 0 atom stereocenters. The minimum atomic E-state index is -3.20. The fourth-order valence-electron chi connectivity index (χ4n) is 0.609. The summed E-state index contributed by atoms with van der Waals surface area (Å²) in [5.41, 5.74) is -1.24. The first kappa shape index (κ1) is 8.89. The van der Waals surface area contributed by atoms with Crippen LogP contribution in [0.4, 0.5) is 22.0 Å². The van der Waals surface area contributed by atoms with Gasteiger partial charge < -0.3 is 0 Å². The molecule has 0 aliphatic rings. The molecule has 0 aliphatic carbocycles. The predicted molar refractivity (Wildman–Crippen MR) is 29.1 cm³/mol. The minimum Gasteiger partial charge on any atom is -0.225 e. The smallest absolute Gasteiger partial charge is 0.225 e. The molecule has 0 amide bonds. The van der Waals surface area contributed by atoms with Crippen molar-refractivity contribution in [1.29, 1.82) is 0 Å². The van der Waals surface area contributed by atoms with Crippen LogP contribution in [0.2, 0.25) is 0 Å². The van der Waals surface area contributed by atoms with E-state index >= 15 is 0 Å². The fourth-order valence-corrected chi connectivity index (χ4v) is 0.609. The minimum absolute atomic E-state index is 0.262. The largest absolute Gasteiger partial charge is 0.268 e. The van der Waals surface area contributed by atoms with E-state index in [4.69, 9.17) is 0 Å². The molecule has 1 rings (SSSR count). The molecule has 1 nitrogen and oxygen atoms in total. The van der Waals surface area contributed by atoms with Gasteiger partial charge in [0.25, 0.3) is 12.4 Å². The maximum absolute atomic E-state index is 12.4. The summed E-state index contributed by atoms with van der Waals surface area (Å²) in [5.74, 6) is -5.60. The van der Waals surface area contributed by atoms with E-state index in [1.54, 1.807) is 0 Å². The first-order chi connectivity index (χ1) is 5.54. The zero-order valence-electron chi connectivity index (χ0n) is 5.49. The van der Waals surface area contributed by atoms with Gasteiger partial charge in [-0.05, 0) is 0 Å². The van der Waals surface area contributed by atoms with Crippen molar-refractivity contribution < 1.29 is 22.0 Å². The Labute approximate surface area is 63.8 Å². The predicted octanol–water partition coefficient (Wildman–Crippen LogP) is 2.44. The summed E-state index contributed by atoms with van der Waals surface area (Å²) >= 11 is 0. The van der Waals surface area contributed by atoms with Gasteiger partial charge in [0.15, 0.2) is 5.82 Å². The van der Waals surface area contributed by atoms with E-state index in [1.807, 2.05) is 0 Å². The molecule has 0 fully saturated rings. The maximum Gasteiger partial charge on any atom is 0.268 e. The third-order valence-electron chi connectivity index (χ3n) is 1.18. The monoisotopic (exact) mass is 183 g/mol. The summed E-state index contributed by atoms with van der Waals surface area (Å²) in [6, 6.07) is 0. The molecule has 0 aliphatic heterocycles. The molecule has 6 heteroatoms. The van der Waals surface area contributed by atoms with E-state index in [9.17, 15) is 22.0 Å². The van der Waals surface area contributed by atoms with Crippen LogP contribution in [0.3, 0.4) is 0 Å². The topological polar surface area (TPSA) is 12.9 Å². The van der Waals surface area contributed by atoms with Crippen LogP contribution < -0.4 is 0 Å². The molecule has 1 aromatic heterocycles. The van der Waals surface area contributed by atoms with Gasteiger partial charge in [-0.1, -0.05) is 0 Å². The third kappa shape index (κ3) is 1.37. The van der Waals surface area contributed by atoms with Gasteiger partial charge in [-0.25, -0.2) is 18.2 Å². The van der Waals surface area contributed by atoms with Gasteiger partial charge in [0, 0.05) is 6.20 Å². The van der Waals surface area contributed by atoms with Crippen LogP contribution in [0.5, 0.6) is 0 Å². The van der Waals surface area contributed by atoms with Gasteiger partial charge in [0.05, 0.1) is 5.56 Å². The summed E-state index contributed by atoms with van der Waals surface area (Å²) in [7, 11) is 0. The lowest BCUT2D eigenvalue weighted by atomic mass is 10.3. The summed E-state index contributed by atoms with van der Waals surface area (Å²) in [6.07, 6.45) is -2.94. The molecule has 0 bridgehead atoms.